The molecular weight excluding hydrogens is 206 g/mol. The van der Waals surface area contributed by atoms with Crippen LogP contribution in [0.3, 0.4) is 0 Å². The van der Waals surface area contributed by atoms with E-state index in [9.17, 15) is 0 Å². The third-order valence-electron chi connectivity index (χ3n) is 3.63. The van der Waals surface area contributed by atoms with Crippen molar-refractivity contribution in [2.24, 2.45) is 0 Å². The summed E-state index contributed by atoms with van der Waals surface area (Å²) in [5.41, 5.74) is 1.69. The first kappa shape index (κ1) is 9.82. The zero-order valence-corrected chi connectivity index (χ0v) is 9.90. The van der Waals surface area contributed by atoms with Crippen molar-refractivity contribution in [1.82, 2.24) is 5.32 Å². The third kappa shape index (κ3) is 1.53. The van der Waals surface area contributed by atoms with Gasteiger partial charge in [-0.2, -0.15) is 0 Å². The van der Waals surface area contributed by atoms with Crippen LogP contribution >= 0.6 is 11.3 Å². The van der Waals surface area contributed by atoms with Crippen LogP contribution in [0.25, 0.3) is 0 Å². The van der Waals surface area contributed by atoms with Crippen molar-refractivity contribution in [1.29, 1.82) is 0 Å². The zero-order valence-electron chi connectivity index (χ0n) is 9.08. The first-order chi connectivity index (χ1) is 7.30. The van der Waals surface area contributed by atoms with E-state index in [1.54, 1.807) is 0 Å². The Kier molecular flexibility index (Phi) is 2.34. The molecular formula is C12H17NOS. The zero-order chi connectivity index (χ0) is 10.3. The van der Waals surface area contributed by atoms with Gasteiger partial charge in [0.25, 0.3) is 0 Å². The molecule has 0 saturated carbocycles. The predicted molar refractivity (Wildman–Crippen MR) is 62.4 cm³/mol. The van der Waals surface area contributed by atoms with Crippen molar-refractivity contribution in [2.75, 3.05) is 13.2 Å². The molecule has 15 heavy (non-hydrogen) atoms. The van der Waals surface area contributed by atoms with E-state index in [0.29, 0.717) is 6.10 Å². The lowest BCUT2D eigenvalue weighted by Crippen LogP contribution is -2.52. The van der Waals surface area contributed by atoms with Gasteiger partial charge in [-0.15, -0.1) is 11.3 Å². The SMILES string of the molecule is CC1CCC2(CO1)NCCc1ccsc12. The lowest BCUT2D eigenvalue weighted by molar-refractivity contribution is -0.0336. The van der Waals surface area contributed by atoms with Crippen molar-refractivity contribution >= 4 is 11.3 Å². The maximum Gasteiger partial charge on any atom is 0.0769 e. The topological polar surface area (TPSA) is 21.3 Å². The molecule has 0 aliphatic carbocycles. The van der Waals surface area contributed by atoms with Crippen molar-refractivity contribution in [3.63, 3.8) is 0 Å². The van der Waals surface area contributed by atoms with Crippen molar-refractivity contribution < 1.29 is 4.74 Å². The molecule has 1 saturated heterocycles. The molecule has 1 aromatic rings. The molecule has 82 valence electrons. The molecule has 2 atom stereocenters. The second-order valence-electron chi connectivity index (χ2n) is 4.69. The van der Waals surface area contributed by atoms with Gasteiger partial charge in [-0.3, -0.25) is 0 Å². The maximum absolute atomic E-state index is 5.84. The Labute approximate surface area is 94.6 Å². The van der Waals surface area contributed by atoms with E-state index < -0.39 is 0 Å². The summed E-state index contributed by atoms with van der Waals surface area (Å²) < 4.78 is 5.84. The molecule has 1 fully saturated rings. The number of hydrogen-bond acceptors (Lipinski definition) is 3. The van der Waals surface area contributed by atoms with E-state index in [1.807, 2.05) is 11.3 Å². The van der Waals surface area contributed by atoms with Crippen LogP contribution in [0.2, 0.25) is 0 Å². The van der Waals surface area contributed by atoms with Crippen LogP contribution in [0.5, 0.6) is 0 Å². The molecule has 2 aliphatic rings. The monoisotopic (exact) mass is 223 g/mol. The summed E-state index contributed by atoms with van der Waals surface area (Å²) in [5, 5.41) is 5.90. The molecule has 3 heterocycles. The second kappa shape index (κ2) is 3.58. The van der Waals surface area contributed by atoms with Crippen LogP contribution < -0.4 is 5.32 Å². The molecule has 0 aromatic carbocycles. The summed E-state index contributed by atoms with van der Waals surface area (Å²) in [7, 11) is 0. The number of ether oxygens (including phenoxy) is 1. The fraction of sp³-hybridized carbons (Fsp3) is 0.667. The summed E-state index contributed by atoms with van der Waals surface area (Å²) in [4.78, 5) is 1.53. The van der Waals surface area contributed by atoms with Gasteiger partial charge in [-0.05, 0) is 43.2 Å². The van der Waals surface area contributed by atoms with Crippen LogP contribution in [0.1, 0.15) is 30.2 Å². The van der Waals surface area contributed by atoms with E-state index in [0.717, 1.165) is 13.2 Å². The molecule has 3 heteroatoms. The van der Waals surface area contributed by atoms with Gasteiger partial charge < -0.3 is 10.1 Å². The van der Waals surface area contributed by atoms with Gasteiger partial charge in [0.1, 0.15) is 0 Å². The number of hydrogen-bond donors (Lipinski definition) is 1. The lowest BCUT2D eigenvalue weighted by Gasteiger charge is -2.42. The highest BCUT2D eigenvalue weighted by molar-refractivity contribution is 7.10. The highest BCUT2D eigenvalue weighted by Gasteiger charge is 2.40. The van der Waals surface area contributed by atoms with Gasteiger partial charge in [0.15, 0.2) is 0 Å². The molecule has 1 N–H and O–H groups in total. The van der Waals surface area contributed by atoms with E-state index in [-0.39, 0.29) is 5.54 Å². The number of rotatable bonds is 0. The second-order valence-corrected chi connectivity index (χ2v) is 5.61. The standard InChI is InChI=1S/C12H17NOS/c1-9-2-5-12(8-14-9)11-10(3-6-13-12)4-7-15-11/h4,7,9,13H,2-3,5-6,8H2,1H3. The van der Waals surface area contributed by atoms with Gasteiger partial charge >= 0.3 is 0 Å². The molecule has 0 amide bonds. The third-order valence-corrected chi connectivity index (χ3v) is 4.79. The van der Waals surface area contributed by atoms with E-state index in [2.05, 4.69) is 23.7 Å². The van der Waals surface area contributed by atoms with E-state index >= 15 is 0 Å². The Bertz CT molecular complexity index is 352. The Morgan fingerprint density at radius 2 is 2.53 bits per heavy atom. The highest BCUT2D eigenvalue weighted by atomic mass is 32.1. The molecule has 2 unspecified atom stereocenters. The normalized spacial score (nSPS) is 35.4. The summed E-state index contributed by atoms with van der Waals surface area (Å²) in [5.74, 6) is 0. The smallest absolute Gasteiger partial charge is 0.0769 e. The Morgan fingerprint density at radius 3 is 3.33 bits per heavy atom. The summed E-state index contributed by atoms with van der Waals surface area (Å²) in [6.45, 7) is 4.12. The van der Waals surface area contributed by atoms with Gasteiger partial charge in [-0.25, -0.2) is 0 Å². The Balaban J connectivity index is 1.94. The van der Waals surface area contributed by atoms with Crippen molar-refractivity contribution in [3.05, 3.63) is 21.9 Å². The largest absolute Gasteiger partial charge is 0.376 e. The predicted octanol–water partition coefficient (Wildman–Crippen LogP) is 2.29. The summed E-state index contributed by atoms with van der Waals surface area (Å²) >= 11 is 1.89. The van der Waals surface area contributed by atoms with Gasteiger partial charge in [0.05, 0.1) is 18.2 Å². The summed E-state index contributed by atoms with van der Waals surface area (Å²) in [6.07, 6.45) is 4.00. The van der Waals surface area contributed by atoms with Gasteiger partial charge in [-0.1, -0.05) is 0 Å². The number of thiophene rings is 1. The minimum absolute atomic E-state index is 0.147. The number of fused-ring (bicyclic) bond motifs is 2. The van der Waals surface area contributed by atoms with E-state index in [4.69, 9.17) is 4.74 Å². The first-order valence-electron chi connectivity index (χ1n) is 5.74. The fourth-order valence-corrected chi connectivity index (χ4v) is 3.83. The molecule has 0 radical (unpaired) electrons. The molecule has 2 aliphatic heterocycles. The fourth-order valence-electron chi connectivity index (χ4n) is 2.68. The van der Waals surface area contributed by atoms with Crippen LogP contribution in [0.15, 0.2) is 11.4 Å². The molecule has 1 spiro atoms. The van der Waals surface area contributed by atoms with Crippen LogP contribution in [0.4, 0.5) is 0 Å². The molecule has 3 rings (SSSR count). The summed E-state index contributed by atoms with van der Waals surface area (Å²) in [6, 6.07) is 2.28. The van der Waals surface area contributed by atoms with Crippen LogP contribution in [0, 0.1) is 0 Å². The molecule has 1 aromatic heterocycles. The van der Waals surface area contributed by atoms with Crippen LogP contribution in [-0.2, 0) is 16.7 Å². The minimum atomic E-state index is 0.147. The highest BCUT2D eigenvalue weighted by Crippen LogP contribution is 2.39. The quantitative estimate of drug-likeness (QED) is 0.728. The lowest BCUT2D eigenvalue weighted by atomic mass is 9.84. The van der Waals surface area contributed by atoms with Gasteiger partial charge in [0, 0.05) is 11.4 Å². The minimum Gasteiger partial charge on any atom is -0.376 e. The van der Waals surface area contributed by atoms with Crippen LogP contribution in [-0.4, -0.2) is 19.3 Å². The maximum atomic E-state index is 5.84. The molecule has 2 nitrogen and oxygen atoms in total. The Morgan fingerprint density at radius 1 is 1.60 bits per heavy atom. The van der Waals surface area contributed by atoms with Gasteiger partial charge in [0.2, 0.25) is 0 Å². The number of nitrogens with one attached hydrogen (secondary N) is 1. The van der Waals surface area contributed by atoms with Crippen molar-refractivity contribution in [3.8, 4) is 0 Å². The first-order valence-corrected chi connectivity index (χ1v) is 6.62. The van der Waals surface area contributed by atoms with E-state index in [1.165, 1.54) is 29.7 Å². The Hall–Kier alpha value is -0.380. The average molecular weight is 223 g/mol. The molecule has 0 bridgehead atoms. The van der Waals surface area contributed by atoms with Crippen molar-refractivity contribution in [2.45, 2.75) is 37.8 Å². The average Bonchev–Trinajstić information content (AvgIpc) is 2.72.